The Hall–Kier alpha value is -1.97. The van der Waals surface area contributed by atoms with Gasteiger partial charge in [-0.2, -0.15) is 4.31 Å². The number of ether oxygens (including phenoxy) is 1. The molecule has 9 heteroatoms. The molecule has 1 heterocycles. The number of sulfonamides is 1. The van der Waals surface area contributed by atoms with Gasteiger partial charge in [0.25, 0.3) is 0 Å². The van der Waals surface area contributed by atoms with E-state index in [0.29, 0.717) is 18.0 Å². The number of alkyl carbamates (subject to hydrolysis) is 1. The lowest BCUT2D eigenvalue weighted by molar-refractivity contribution is -0.125. The number of amides is 2. The van der Waals surface area contributed by atoms with Crippen molar-refractivity contribution in [2.24, 2.45) is 0 Å². The van der Waals surface area contributed by atoms with Crippen molar-refractivity contribution in [1.82, 2.24) is 14.5 Å². The highest BCUT2D eigenvalue weighted by Crippen LogP contribution is 2.26. The number of hydrogen-bond acceptors (Lipinski definition) is 6. The van der Waals surface area contributed by atoms with E-state index in [1.54, 1.807) is 6.92 Å². The van der Waals surface area contributed by atoms with Gasteiger partial charge in [-0.25, -0.2) is 13.2 Å². The van der Waals surface area contributed by atoms with Gasteiger partial charge in [-0.1, -0.05) is 17.7 Å². The van der Waals surface area contributed by atoms with Crippen molar-refractivity contribution in [3.8, 4) is 0 Å². The second kappa shape index (κ2) is 8.37. The van der Waals surface area contributed by atoms with Crippen LogP contribution in [0.2, 0.25) is 0 Å². The van der Waals surface area contributed by atoms with Crippen LogP contribution in [0.25, 0.3) is 0 Å². The van der Waals surface area contributed by atoms with Crippen LogP contribution in [0.3, 0.4) is 0 Å². The summed E-state index contributed by atoms with van der Waals surface area (Å²) in [5.41, 5.74) is 2.50. The number of hydrogen-bond donors (Lipinski definition) is 1. The molecule has 0 aliphatic carbocycles. The van der Waals surface area contributed by atoms with Crippen LogP contribution >= 0.6 is 0 Å². The average Bonchev–Trinajstić information content (AvgIpc) is 2.59. The number of nitrogens with one attached hydrogen (secondary N) is 1. The van der Waals surface area contributed by atoms with E-state index < -0.39 is 28.1 Å². The maximum atomic E-state index is 13.1. The predicted molar refractivity (Wildman–Crippen MR) is 101 cm³/mol. The summed E-state index contributed by atoms with van der Waals surface area (Å²) in [6, 6.07) is 3.18. The Morgan fingerprint density at radius 1 is 1.07 bits per heavy atom. The predicted octanol–water partition coefficient (Wildman–Crippen LogP) is 1.19. The second-order valence-electron chi connectivity index (χ2n) is 6.82. The third-order valence-corrected chi connectivity index (χ3v) is 7.02. The summed E-state index contributed by atoms with van der Waals surface area (Å²) in [5.74, 6) is -0.469. The summed E-state index contributed by atoms with van der Waals surface area (Å²) >= 11 is 0. The Morgan fingerprint density at radius 3 is 2.07 bits per heavy atom. The van der Waals surface area contributed by atoms with Gasteiger partial charge in [-0.15, -0.1) is 0 Å². The van der Waals surface area contributed by atoms with Crippen LogP contribution in [-0.4, -0.2) is 69.0 Å². The number of rotatable bonds is 4. The van der Waals surface area contributed by atoms with Crippen molar-refractivity contribution >= 4 is 22.0 Å². The molecule has 1 fully saturated rings. The largest absolute Gasteiger partial charge is 0.453 e. The monoisotopic (exact) mass is 397 g/mol. The van der Waals surface area contributed by atoms with Crippen LogP contribution < -0.4 is 5.32 Å². The molecule has 27 heavy (non-hydrogen) atoms. The molecule has 0 bridgehead atoms. The van der Waals surface area contributed by atoms with Crippen LogP contribution in [-0.2, 0) is 19.6 Å². The first-order chi connectivity index (χ1) is 12.6. The van der Waals surface area contributed by atoms with Crippen LogP contribution in [0.4, 0.5) is 4.79 Å². The number of benzene rings is 1. The van der Waals surface area contributed by atoms with Gasteiger partial charge in [0.1, 0.15) is 0 Å². The fourth-order valence-electron chi connectivity index (χ4n) is 3.46. The van der Waals surface area contributed by atoms with Crippen molar-refractivity contribution in [2.75, 3.05) is 33.3 Å². The molecule has 8 nitrogen and oxygen atoms in total. The Morgan fingerprint density at radius 2 is 1.59 bits per heavy atom. The molecule has 0 saturated carbocycles. The quantitative estimate of drug-likeness (QED) is 0.820. The van der Waals surface area contributed by atoms with Gasteiger partial charge in [0.05, 0.1) is 18.0 Å². The van der Waals surface area contributed by atoms with E-state index in [-0.39, 0.29) is 13.1 Å². The van der Waals surface area contributed by atoms with Crippen LogP contribution in [0.1, 0.15) is 23.6 Å². The number of aryl methyl sites for hydroxylation is 3. The Balaban J connectivity index is 2.09. The number of carbonyl (C=O) groups excluding carboxylic acids is 2. The van der Waals surface area contributed by atoms with Crippen molar-refractivity contribution in [1.29, 1.82) is 0 Å². The number of carbonyl (C=O) groups is 2. The molecule has 1 aliphatic rings. The lowest BCUT2D eigenvalue weighted by atomic mass is 10.1. The maximum Gasteiger partial charge on any atom is 0.413 e. The van der Waals surface area contributed by atoms with Gasteiger partial charge in [-0.05, 0) is 38.8 Å². The molecule has 0 radical (unpaired) electrons. The fourth-order valence-corrected chi connectivity index (χ4v) is 5.29. The molecule has 1 atom stereocenters. The van der Waals surface area contributed by atoms with E-state index in [1.807, 2.05) is 37.8 Å². The van der Waals surface area contributed by atoms with Gasteiger partial charge in [0.2, 0.25) is 15.9 Å². The molecule has 0 aromatic heterocycles. The zero-order valence-corrected chi connectivity index (χ0v) is 17.2. The summed E-state index contributed by atoms with van der Waals surface area (Å²) in [4.78, 5) is 25.4. The molecular formula is C18H27N3O5S. The minimum absolute atomic E-state index is 0.283. The van der Waals surface area contributed by atoms with E-state index in [2.05, 4.69) is 10.1 Å². The molecule has 2 rings (SSSR count). The zero-order valence-electron chi connectivity index (χ0n) is 16.4. The molecule has 1 aliphatic heterocycles. The highest BCUT2D eigenvalue weighted by atomic mass is 32.2. The first-order valence-corrected chi connectivity index (χ1v) is 10.2. The Labute approximate surface area is 160 Å². The van der Waals surface area contributed by atoms with Gasteiger partial charge in [0, 0.05) is 26.2 Å². The van der Waals surface area contributed by atoms with E-state index >= 15 is 0 Å². The summed E-state index contributed by atoms with van der Waals surface area (Å²) in [7, 11) is -2.41. The number of piperazine rings is 1. The topological polar surface area (TPSA) is 96.0 Å². The summed E-state index contributed by atoms with van der Waals surface area (Å²) in [6.45, 7) is 8.60. The SMILES string of the molecule is COC(=O)NC(=O)[C@@H](C)N1CCN(S(=O)(=O)c2c(C)cc(C)cc2C)CC1. The smallest absolute Gasteiger partial charge is 0.413 e. The number of methoxy groups -OCH3 is 1. The Kier molecular flexibility index (Phi) is 6.61. The summed E-state index contributed by atoms with van der Waals surface area (Å²) in [6.07, 6.45) is -0.807. The zero-order chi connectivity index (χ0) is 20.4. The minimum Gasteiger partial charge on any atom is -0.453 e. The van der Waals surface area contributed by atoms with E-state index in [4.69, 9.17) is 0 Å². The van der Waals surface area contributed by atoms with Crippen molar-refractivity contribution in [3.05, 3.63) is 28.8 Å². The van der Waals surface area contributed by atoms with E-state index in [0.717, 1.165) is 16.7 Å². The molecule has 1 aromatic rings. The Bertz CT molecular complexity index is 806. The van der Waals surface area contributed by atoms with E-state index in [9.17, 15) is 18.0 Å². The van der Waals surface area contributed by atoms with Gasteiger partial charge < -0.3 is 4.74 Å². The second-order valence-corrected chi connectivity index (χ2v) is 8.70. The summed E-state index contributed by atoms with van der Waals surface area (Å²) in [5, 5.41) is 2.14. The van der Waals surface area contributed by atoms with Gasteiger partial charge in [0.15, 0.2) is 0 Å². The number of imide groups is 1. The van der Waals surface area contributed by atoms with Crippen molar-refractivity contribution < 1.29 is 22.7 Å². The fraction of sp³-hybridized carbons (Fsp3) is 0.556. The lowest BCUT2D eigenvalue weighted by Crippen LogP contribution is -2.55. The highest BCUT2D eigenvalue weighted by molar-refractivity contribution is 7.89. The molecule has 1 aromatic carbocycles. The van der Waals surface area contributed by atoms with Crippen molar-refractivity contribution in [2.45, 2.75) is 38.6 Å². The first kappa shape index (κ1) is 21.3. The highest BCUT2D eigenvalue weighted by Gasteiger charge is 2.33. The van der Waals surface area contributed by atoms with Crippen LogP contribution in [0.5, 0.6) is 0 Å². The molecule has 0 unspecified atom stereocenters. The molecule has 150 valence electrons. The molecule has 1 N–H and O–H groups in total. The minimum atomic E-state index is -3.60. The normalized spacial score (nSPS) is 17.4. The molecule has 0 spiro atoms. The molecule has 1 saturated heterocycles. The van der Waals surface area contributed by atoms with Gasteiger partial charge >= 0.3 is 6.09 Å². The molecular weight excluding hydrogens is 370 g/mol. The average molecular weight is 397 g/mol. The van der Waals surface area contributed by atoms with E-state index in [1.165, 1.54) is 11.4 Å². The number of nitrogens with zero attached hydrogens (tertiary/aromatic N) is 2. The standard InChI is InChI=1S/C18H27N3O5S/c1-12-10-13(2)16(14(3)11-12)27(24,25)21-8-6-20(7-9-21)15(4)17(22)19-18(23)26-5/h10-11,15H,6-9H2,1-5H3,(H,19,22,23)/t15-/m1/s1. The van der Waals surface area contributed by atoms with Crippen molar-refractivity contribution in [3.63, 3.8) is 0 Å². The molecule has 2 amide bonds. The maximum absolute atomic E-state index is 13.1. The third-order valence-electron chi connectivity index (χ3n) is 4.81. The summed E-state index contributed by atoms with van der Waals surface area (Å²) < 4.78 is 32.1. The van der Waals surface area contributed by atoms with Crippen LogP contribution in [0, 0.1) is 20.8 Å². The van der Waals surface area contributed by atoms with Crippen LogP contribution in [0.15, 0.2) is 17.0 Å². The first-order valence-electron chi connectivity index (χ1n) is 8.78. The third kappa shape index (κ3) is 4.66. The lowest BCUT2D eigenvalue weighted by Gasteiger charge is -2.37. The van der Waals surface area contributed by atoms with Gasteiger partial charge in [-0.3, -0.25) is 15.0 Å².